The SMILES string of the molecule is CCC(C)NC(=O)c1cccc(NC(=O)c2cccc(OC(C)CC)c2)c1. The van der Waals surface area contributed by atoms with Crippen LogP contribution in [0.3, 0.4) is 0 Å². The van der Waals surface area contributed by atoms with Crippen molar-refractivity contribution in [2.45, 2.75) is 52.7 Å². The van der Waals surface area contributed by atoms with Gasteiger partial charge in [-0.15, -0.1) is 0 Å². The number of carbonyl (C=O) groups is 2. The summed E-state index contributed by atoms with van der Waals surface area (Å²) in [5.41, 5.74) is 1.59. The molecule has 0 radical (unpaired) electrons. The van der Waals surface area contributed by atoms with Gasteiger partial charge in [0, 0.05) is 22.9 Å². The van der Waals surface area contributed by atoms with Gasteiger partial charge in [0.05, 0.1) is 6.10 Å². The molecule has 0 saturated carbocycles. The minimum absolute atomic E-state index is 0.0871. The summed E-state index contributed by atoms with van der Waals surface area (Å²) in [6.45, 7) is 8.01. The van der Waals surface area contributed by atoms with Crippen molar-refractivity contribution in [2.24, 2.45) is 0 Å². The lowest BCUT2D eigenvalue weighted by Crippen LogP contribution is -2.31. The summed E-state index contributed by atoms with van der Waals surface area (Å²) in [5, 5.41) is 5.76. The highest BCUT2D eigenvalue weighted by Crippen LogP contribution is 2.18. The summed E-state index contributed by atoms with van der Waals surface area (Å²) in [6.07, 6.45) is 1.84. The number of carbonyl (C=O) groups excluding carboxylic acids is 2. The third kappa shape index (κ3) is 6.13. The predicted molar refractivity (Wildman–Crippen MR) is 108 cm³/mol. The second kappa shape index (κ2) is 9.76. The van der Waals surface area contributed by atoms with Crippen LogP contribution in [0.15, 0.2) is 48.5 Å². The van der Waals surface area contributed by atoms with Crippen molar-refractivity contribution < 1.29 is 14.3 Å². The monoisotopic (exact) mass is 368 g/mol. The predicted octanol–water partition coefficient (Wildman–Crippen LogP) is 4.64. The molecule has 27 heavy (non-hydrogen) atoms. The van der Waals surface area contributed by atoms with Crippen molar-refractivity contribution in [3.8, 4) is 5.75 Å². The molecule has 0 heterocycles. The molecular formula is C22H28N2O3. The Hall–Kier alpha value is -2.82. The lowest BCUT2D eigenvalue weighted by molar-refractivity contribution is 0.0938. The molecule has 2 aromatic carbocycles. The fourth-order valence-electron chi connectivity index (χ4n) is 2.38. The van der Waals surface area contributed by atoms with E-state index in [4.69, 9.17) is 4.74 Å². The van der Waals surface area contributed by atoms with E-state index in [0.29, 0.717) is 22.6 Å². The van der Waals surface area contributed by atoms with E-state index >= 15 is 0 Å². The maximum absolute atomic E-state index is 12.6. The first-order valence-corrected chi connectivity index (χ1v) is 9.41. The van der Waals surface area contributed by atoms with Crippen molar-refractivity contribution in [3.05, 3.63) is 59.7 Å². The number of hydrogen-bond donors (Lipinski definition) is 2. The van der Waals surface area contributed by atoms with Crippen LogP contribution in [0.1, 0.15) is 61.3 Å². The third-order valence-electron chi connectivity index (χ3n) is 4.38. The molecule has 0 bridgehead atoms. The molecule has 0 aromatic heterocycles. The zero-order valence-electron chi connectivity index (χ0n) is 16.4. The molecule has 0 aliphatic carbocycles. The van der Waals surface area contributed by atoms with E-state index in [0.717, 1.165) is 12.8 Å². The van der Waals surface area contributed by atoms with Gasteiger partial charge in [0.15, 0.2) is 0 Å². The molecule has 2 rings (SSSR count). The number of amides is 2. The quantitative estimate of drug-likeness (QED) is 0.713. The zero-order valence-corrected chi connectivity index (χ0v) is 16.4. The number of rotatable bonds is 8. The van der Waals surface area contributed by atoms with Gasteiger partial charge >= 0.3 is 0 Å². The Morgan fingerprint density at radius 3 is 2.26 bits per heavy atom. The van der Waals surface area contributed by atoms with Gasteiger partial charge < -0.3 is 15.4 Å². The summed E-state index contributed by atoms with van der Waals surface area (Å²) < 4.78 is 5.77. The summed E-state index contributed by atoms with van der Waals surface area (Å²) in [7, 11) is 0. The van der Waals surface area contributed by atoms with E-state index in [2.05, 4.69) is 10.6 Å². The van der Waals surface area contributed by atoms with Crippen LogP contribution in [0.5, 0.6) is 5.75 Å². The van der Waals surface area contributed by atoms with Gasteiger partial charge in [0.25, 0.3) is 11.8 Å². The number of anilines is 1. The van der Waals surface area contributed by atoms with E-state index in [-0.39, 0.29) is 24.0 Å². The molecular weight excluding hydrogens is 340 g/mol. The molecule has 0 aliphatic heterocycles. The summed E-state index contributed by atoms with van der Waals surface area (Å²) >= 11 is 0. The normalized spacial score (nSPS) is 12.7. The van der Waals surface area contributed by atoms with Crippen LogP contribution in [0.4, 0.5) is 5.69 Å². The van der Waals surface area contributed by atoms with E-state index in [1.807, 2.05) is 33.8 Å². The number of benzene rings is 2. The topological polar surface area (TPSA) is 67.4 Å². The van der Waals surface area contributed by atoms with E-state index in [1.54, 1.807) is 42.5 Å². The van der Waals surface area contributed by atoms with E-state index in [9.17, 15) is 9.59 Å². The van der Waals surface area contributed by atoms with Gasteiger partial charge in [-0.2, -0.15) is 0 Å². The van der Waals surface area contributed by atoms with Crippen LogP contribution in [0, 0.1) is 0 Å². The minimum Gasteiger partial charge on any atom is -0.491 e. The van der Waals surface area contributed by atoms with Crippen molar-refractivity contribution in [3.63, 3.8) is 0 Å². The fraction of sp³-hybridized carbons (Fsp3) is 0.364. The second-order valence-electron chi connectivity index (χ2n) is 6.68. The van der Waals surface area contributed by atoms with Crippen LogP contribution in [-0.4, -0.2) is 24.0 Å². The molecule has 2 unspecified atom stereocenters. The largest absolute Gasteiger partial charge is 0.491 e. The van der Waals surface area contributed by atoms with Gasteiger partial charge in [-0.05, 0) is 63.1 Å². The maximum atomic E-state index is 12.6. The van der Waals surface area contributed by atoms with Crippen molar-refractivity contribution >= 4 is 17.5 Å². The first-order valence-electron chi connectivity index (χ1n) is 9.41. The summed E-state index contributed by atoms with van der Waals surface area (Å²) in [6, 6.07) is 14.1. The second-order valence-corrected chi connectivity index (χ2v) is 6.68. The lowest BCUT2D eigenvalue weighted by atomic mass is 10.1. The minimum atomic E-state index is -0.246. The van der Waals surface area contributed by atoms with Crippen molar-refractivity contribution in [1.29, 1.82) is 0 Å². The van der Waals surface area contributed by atoms with Crippen molar-refractivity contribution in [2.75, 3.05) is 5.32 Å². The zero-order chi connectivity index (χ0) is 19.8. The van der Waals surface area contributed by atoms with Gasteiger partial charge in [0.1, 0.15) is 5.75 Å². The molecule has 2 amide bonds. The van der Waals surface area contributed by atoms with Crippen LogP contribution in [0.25, 0.3) is 0 Å². The van der Waals surface area contributed by atoms with Crippen molar-refractivity contribution in [1.82, 2.24) is 5.32 Å². The highest BCUT2D eigenvalue weighted by atomic mass is 16.5. The molecule has 0 fully saturated rings. The van der Waals surface area contributed by atoms with Gasteiger partial charge in [-0.1, -0.05) is 26.0 Å². The van der Waals surface area contributed by atoms with Crippen LogP contribution in [0.2, 0.25) is 0 Å². The van der Waals surface area contributed by atoms with E-state index < -0.39 is 0 Å². The molecule has 144 valence electrons. The molecule has 5 heteroatoms. The maximum Gasteiger partial charge on any atom is 0.255 e. The van der Waals surface area contributed by atoms with E-state index in [1.165, 1.54) is 0 Å². The molecule has 2 atom stereocenters. The van der Waals surface area contributed by atoms with Gasteiger partial charge in [0.2, 0.25) is 0 Å². The van der Waals surface area contributed by atoms with Gasteiger partial charge in [-0.25, -0.2) is 0 Å². The van der Waals surface area contributed by atoms with Crippen LogP contribution < -0.4 is 15.4 Å². The Bertz CT molecular complexity index is 789. The van der Waals surface area contributed by atoms with Gasteiger partial charge in [-0.3, -0.25) is 9.59 Å². The Labute approximate surface area is 161 Å². The van der Waals surface area contributed by atoms with Crippen LogP contribution >= 0.6 is 0 Å². The Morgan fingerprint density at radius 1 is 0.926 bits per heavy atom. The number of hydrogen-bond acceptors (Lipinski definition) is 3. The lowest BCUT2D eigenvalue weighted by Gasteiger charge is -2.14. The summed E-state index contributed by atoms with van der Waals surface area (Å²) in [4.78, 5) is 24.8. The third-order valence-corrected chi connectivity index (χ3v) is 4.38. The molecule has 0 saturated heterocycles. The van der Waals surface area contributed by atoms with Crippen LogP contribution in [-0.2, 0) is 0 Å². The molecule has 0 aliphatic rings. The highest BCUT2D eigenvalue weighted by Gasteiger charge is 2.12. The fourth-order valence-corrected chi connectivity index (χ4v) is 2.38. The summed E-state index contributed by atoms with van der Waals surface area (Å²) in [5.74, 6) is 0.271. The first kappa shape index (κ1) is 20.5. The Kier molecular flexibility index (Phi) is 7.41. The average Bonchev–Trinajstić information content (AvgIpc) is 2.68. The molecule has 5 nitrogen and oxygen atoms in total. The molecule has 2 aromatic rings. The Morgan fingerprint density at radius 2 is 1.59 bits per heavy atom. The smallest absolute Gasteiger partial charge is 0.255 e. The standard InChI is InChI=1S/C22H28N2O3/c1-5-15(3)23-21(25)17-9-7-11-19(13-17)24-22(26)18-10-8-12-20(14-18)27-16(4)6-2/h7-16H,5-6H2,1-4H3,(H,23,25)(H,24,26). The molecule has 0 spiro atoms. The molecule has 2 N–H and O–H groups in total. The highest BCUT2D eigenvalue weighted by molar-refractivity contribution is 6.05. The number of ether oxygens (including phenoxy) is 1. The average molecular weight is 368 g/mol. The number of nitrogens with one attached hydrogen (secondary N) is 2. The first-order chi connectivity index (χ1) is 12.9. The Balaban J connectivity index is 2.09.